The molecule has 0 aromatic heterocycles. The predicted molar refractivity (Wildman–Crippen MR) is 61.5 cm³/mol. The second kappa shape index (κ2) is 3.32. The van der Waals surface area contributed by atoms with Gasteiger partial charge in [-0.3, -0.25) is 0 Å². The van der Waals surface area contributed by atoms with Crippen LogP contribution in [0.15, 0.2) is 24.3 Å². The maximum atomic E-state index is 10.8. The average molecular weight is 205 g/mol. The Bertz CT molecular complexity index is 373. The van der Waals surface area contributed by atoms with E-state index in [0.29, 0.717) is 6.54 Å². The van der Waals surface area contributed by atoms with E-state index in [1.54, 1.807) is 0 Å². The summed E-state index contributed by atoms with van der Waals surface area (Å²) in [5, 5.41) is 10.8. The molecule has 1 aliphatic rings. The number of fused-ring (bicyclic) bond motifs is 1. The Labute approximate surface area is 91.1 Å². The topological polar surface area (TPSA) is 46.2 Å². The molecular formula is C13H19NO. The zero-order chi connectivity index (χ0) is 11.1. The van der Waals surface area contributed by atoms with Crippen molar-refractivity contribution < 1.29 is 5.11 Å². The second-order valence-electron chi connectivity index (χ2n) is 5.11. The van der Waals surface area contributed by atoms with Crippen LogP contribution in [0.25, 0.3) is 0 Å². The van der Waals surface area contributed by atoms with Gasteiger partial charge in [0.05, 0.1) is 5.60 Å². The number of aliphatic hydroxyl groups is 1. The first-order valence-corrected chi connectivity index (χ1v) is 5.52. The third-order valence-electron chi connectivity index (χ3n) is 3.85. The van der Waals surface area contributed by atoms with Crippen molar-refractivity contribution in [3.8, 4) is 0 Å². The van der Waals surface area contributed by atoms with Crippen LogP contribution in [0.3, 0.4) is 0 Å². The summed E-state index contributed by atoms with van der Waals surface area (Å²) in [7, 11) is 0. The van der Waals surface area contributed by atoms with Crippen LogP contribution in [0.4, 0.5) is 0 Å². The van der Waals surface area contributed by atoms with Crippen LogP contribution in [0.5, 0.6) is 0 Å². The Morgan fingerprint density at radius 1 is 1.40 bits per heavy atom. The first kappa shape index (κ1) is 10.7. The van der Waals surface area contributed by atoms with Gasteiger partial charge in [-0.25, -0.2) is 0 Å². The molecule has 82 valence electrons. The molecule has 0 saturated heterocycles. The van der Waals surface area contributed by atoms with Crippen molar-refractivity contribution in [3.63, 3.8) is 0 Å². The molecule has 3 N–H and O–H groups in total. The van der Waals surface area contributed by atoms with Gasteiger partial charge in [-0.2, -0.15) is 0 Å². The zero-order valence-electron chi connectivity index (χ0n) is 9.46. The van der Waals surface area contributed by atoms with E-state index in [9.17, 15) is 5.11 Å². The molecule has 0 heterocycles. The molecule has 0 bridgehead atoms. The lowest BCUT2D eigenvalue weighted by Crippen LogP contribution is -2.45. The molecule has 1 aromatic carbocycles. The van der Waals surface area contributed by atoms with E-state index in [-0.39, 0.29) is 5.41 Å². The standard InChI is InChI=1S/C13H19NO/c1-12(2,9-14)13(15)8-7-10-5-3-4-6-11(10)13/h3-6,15H,7-9,14H2,1-2H3. The highest BCUT2D eigenvalue weighted by molar-refractivity contribution is 5.38. The third-order valence-corrected chi connectivity index (χ3v) is 3.85. The molecule has 0 aliphatic heterocycles. The summed E-state index contributed by atoms with van der Waals surface area (Å²) in [6.45, 7) is 4.57. The third kappa shape index (κ3) is 1.40. The summed E-state index contributed by atoms with van der Waals surface area (Å²) >= 11 is 0. The SMILES string of the molecule is CC(C)(CN)C1(O)CCc2ccccc21. The fourth-order valence-corrected chi connectivity index (χ4v) is 2.46. The lowest BCUT2D eigenvalue weighted by atomic mass is 9.71. The minimum atomic E-state index is -0.752. The largest absolute Gasteiger partial charge is 0.385 e. The molecule has 1 unspecified atom stereocenters. The molecule has 1 aromatic rings. The number of rotatable bonds is 2. The first-order valence-electron chi connectivity index (χ1n) is 5.52. The quantitative estimate of drug-likeness (QED) is 0.773. The number of hydrogen-bond acceptors (Lipinski definition) is 2. The van der Waals surface area contributed by atoms with Crippen LogP contribution in [-0.4, -0.2) is 11.7 Å². The van der Waals surface area contributed by atoms with E-state index in [4.69, 9.17) is 5.73 Å². The van der Waals surface area contributed by atoms with Gasteiger partial charge in [-0.05, 0) is 24.0 Å². The maximum Gasteiger partial charge on any atom is 0.0965 e. The van der Waals surface area contributed by atoms with E-state index < -0.39 is 5.60 Å². The Kier molecular flexibility index (Phi) is 2.36. The molecular weight excluding hydrogens is 186 g/mol. The van der Waals surface area contributed by atoms with Crippen molar-refractivity contribution in [1.82, 2.24) is 0 Å². The minimum Gasteiger partial charge on any atom is -0.385 e. The molecule has 0 amide bonds. The Morgan fingerprint density at radius 2 is 2.07 bits per heavy atom. The van der Waals surface area contributed by atoms with Crippen LogP contribution in [0, 0.1) is 5.41 Å². The highest BCUT2D eigenvalue weighted by Gasteiger charge is 2.47. The van der Waals surface area contributed by atoms with Gasteiger partial charge in [0.1, 0.15) is 0 Å². The molecule has 0 spiro atoms. The molecule has 2 nitrogen and oxygen atoms in total. The second-order valence-corrected chi connectivity index (χ2v) is 5.11. The van der Waals surface area contributed by atoms with E-state index in [2.05, 4.69) is 6.07 Å². The van der Waals surface area contributed by atoms with Crippen molar-refractivity contribution in [2.45, 2.75) is 32.3 Å². The number of nitrogens with two attached hydrogens (primary N) is 1. The van der Waals surface area contributed by atoms with Crippen molar-refractivity contribution in [3.05, 3.63) is 35.4 Å². The van der Waals surface area contributed by atoms with Crippen LogP contribution < -0.4 is 5.73 Å². The molecule has 0 saturated carbocycles. The Morgan fingerprint density at radius 3 is 2.73 bits per heavy atom. The highest BCUT2D eigenvalue weighted by Crippen LogP contribution is 2.47. The summed E-state index contributed by atoms with van der Waals surface area (Å²) < 4.78 is 0. The van der Waals surface area contributed by atoms with E-state index in [1.165, 1.54) is 5.56 Å². The van der Waals surface area contributed by atoms with Crippen molar-refractivity contribution in [1.29, 1.82) is 0 Å². The van der Waals surface area contributed by atoms with Crippen LogP contribution >= 0.6 is 0 Å². The van der Waals surface area contributed by atoms with Gasteiger partial charge in [-0.1, -0.05) is 38.1 Å². The van der Waals surface area contributed by atoms with E-state index in [1.807, 2.05) is 32.0 Å². The molecule has 0 fully saturated rings. The van der Waals surface area contributed by atoms with Gasteiger partial charge < -0.3 is 10.8 Å². The van der Waals surface area contributed by atoms with Crippen molar-refractivity contribution in [2.24, 2.45) is 11.1 Å². The lowest BCUT2D eigenvalue weighted by molar-refractivity contribution is -0.0671. The highest BCUT2D eigenvalue weighted by atomic mass is 16.3. The molecule has 2 rings (SSSR count). The normalized spacial score (nSPS) is 25.3. The first-order chi connectivity index (χ1) is 7.01. The van der Waals surface area contributed by atoms with Gasteiger partial charge in [0, 0.05) is 12.0 Å². The van der Waals surface area contributed by atoms with Gasteiger partial charge in [0.25, 0.3) is 0 Å². The predicted octanol–water partition coefficient (Wildman–Crippen LogP) is 1.81. The van der Waals surface area contributed by atoms with Gasteiger partial charge >= 0.3 is 0 Å². The molecule has 1 aliphatic carbocycles. The molecule has 2 heteroatoms. The van der Waals surface area contributed by atoms with Crippen LogP contribution in [-0.2, 0) is 12.0 Å². The van der Waals surface area contributed by atoms with E-state index in [0.717, 1.165) is 18.4 Å². The smallest absolute Gasteiger partial charge is 0.0965 e. The Hall–Kier alpha value is -0.860. The maximum absolute atomic E-state index is 10.8. The van der Waals surface area contributed by atoms with E-state index >= 15 is 0 Å². The average Bonchev–Trinajstić information content (AvgIpc) is 2.59. The summed E-state index contributed by atoms with van der Waals surface area (Å²) in [6.07, 6.45) is 1.74. The lowest BCUT2D eigenvalue weighted by Gasteiger charge is -2.40. The van der Waals surface area contributed by atoms with Crippen LogP contribution in [0.2, 0.25) is 0 Å². The fourth-order valence-electron chi connectivity index (χ4n) is 2.46. The Balaban J connectivity index is 2.49. The van der Waals surface area contributed by atoms with Gasteiger partial charge in [0.15, 0.2) is 0 Å². The van der Waals surface area contributed by atoms with Crippen molar-refractivity contribution in [2.75, 3.05) is 6.54 Å². The van der Waals surface area contributed by atoms with Gasteiger partial charge in [0.2, 0.25) is 0 Å². The summed E-state index contributed by atoms with van der Waals surface area (Å²) in [6, 6.07) is 8.14. The van der Waals surface area contributed by atoms with Crippen LogP contribution in [0.1, 0.15) is 31.4 Å². The molecule has 1 atom stereocenters. The number of hydrogen-bond donors (Lipinski definition) is 2. The summed E-state index contributed by atoms with van der Waals surface area (Å²) in [5.41, 5.74) is 7.09. The van der Waals surface area contributed by atoms with Gasteiger partial charge in [-0.15, -0.1) is 0 Å². The number of aryl methyl sites for hydroxylation is 1. The minimum absolute atomic E-state index is 0.264. The summed E-state index contributed by atoms with van der Waals surface area (Å²) in [5.74, 6) is 0. The fraction of sp³-hybridized carbons (Fsp3) is 0.538. The zero-order valence-corrected chi connectivity index (χ0v) is 9.46. The number of benzene rings is 1. The molecule has 15 heavy (non-hydrogen) atoms. The summed E-state index contributed by atoms with van der Waals surface area (Å²) in [4.78, 5) is 0. The monoisotopic (exact) mass is 205 g/mol. The van der Waals surface area contributed by atoms with Crippen molar-refractivity contribution >= 4 is 0 Å². The molecule has 0 radical (unpaired) electrons.